The molecule has 6 rings (SSSR count). The maximum absolute atomic E-state index is 13.6. The summed E-state index contributed by atoms with van der Waals surface area (Å²) in [6.07, 6.45) is 1.78. The molecule has 8 nitrogen and oxygen atoms in total. The third kappa shape index (κ3) is 3.25. The Hall–Kier alpha value is -3.17. The molecular formula is C26H26N2O6S. The third-order valence-electron chi connectivity index (χ3n) is 7.58. The van der Waals surface area contributed by atoms with Crippen LogP contribution in [-0.2, 0) is 24.1 Å². The number of benzene rings is 2. The van der Waals surface area contributed by atoms with Crippen LogP contribution in [0, 0.1) is 0 Å². The number of rotatable bonds is 2. The molecule has 2 atom stereocenters. The lowest BCUT2D eigenvalue weighted by Gasteiger charge is -2.41. The molecule has 0 unspecified atom stereocenters. The number of sulfone groups is 1. The summed E-state index contributed by atoms with van der Waals surface area (Å²) in [5, 5.41) is 0. The molecule has 2 aromatic rings. The lowest BCUT2D eigenvalue weighted by atomic mass is 9.87. The molecule has 0 N–H and O–H groups in total. The van der Waals surface area contributed by atoms with Crippen LogP contribution in [0.4, 0.5) is 4.79 Å². The Labute approximate surface area is 204 Å². The van der Waals surface area contributed by atoms with Gasteiger partial charge in [-0.05, 0) is 36.5 Å². The molecule has 4 aliphatic rings. The summed E-state index contributed by atoms with van der Waals surface area (Å²) in [6.45, 7) is 2.02. The van der Waals surface area contributed by atoms with Crippen LogP contribution in [0.15, 0.2) is 57.8 Å². The summed E-state index contributed by atoms with van der Waals surface area (Å²) >= 11 is 0. The number of fused-ring (bicyclic) bond motifs is 5. The van der Waals surface area contributed by atoms with Crippen molar-refractivity contribution < 1.29 is 27.5 Å². The van der Waals surface area contributed by atoms with Crippen molar-refractivity contribution >= 4 is 27.4 Å². The van der Waals surface area contributed by atoms with Gasteiger partial charge in [0.25, 0.3) is 0 Å². The van der Waals surface area contributed by atoms with Crippen LogP contribution in [0.5, 0.6) is 0 Å². The standard InChI is InChI=1S/C26H26N2O6S/c1-33-25(29)23-20(15-16-9-10-21(23)28(16)26(30)27-11-13-34-14-12-27)19-7-4-6-18-17-5-2-3-8-22(17)35(31,32)24(18)19/h2-8,16,21H,9-15H2,1H3/t16-,21+/m0/s1. The van der Waals surface area contributed by atoms with Crippen LogP contribution in [-0.4, -0.2) is 75.7 Å². The number of nitrogens with zero attached hydrogens (tertiary/aromatic N) is 2. The Balaban J connectivity index is 1.50. The average molecular weight is 495 g/mol. The molecule has 2 amide bonds. The van der Waals surface area contributed by atoms with Crippen molar-refractivity contribution in [1.82, 2.24) is 9.80 Å². The Bertz CT molecular complexity index is 1380. The summed E-state index contributed by atoms with van der Waals surface area (Å²) in [7, 11) is -2.43. The van der Waals surface area contributed by atoms with Crippen molar-refractivity contribution in [3.05, 3.63) is 53.6 Å². The number of ether oxygens (including phenoxy) is 2. The van der Waals surface area contributed by atoms with Gasteiger partial charge in [0, 0.05) is 30.3 Å². The normalized spacial score (nSPS) is 24.3. The van der Waals surface area contributed by atoms with Crippen molar-refractivity contribution in [1.29, 1.82) is 0 Å². The molecule has 0 aromatic heterocycles. The first-order chi connectivity index (χ1) is 16.9. The highest BCUT2D eigenvalue weighted by atomic mass is 32.2. The summed E-state index contributed by atoms with van der Waals surface area (Å²) in [4.78, 5) is 30.8. The Kier molecular flexibility index (Phi) is 5.23. The van der Waals surface area contributed by atoms with E-state index in [1.54, 1.807) is 23.1 Å². The van der Waals surface area contributed by atoms with E-state index >= 15 is 0 Å². The predicted octanol–water partition coefficient (Wildman–Crippen LogP) is 3.12. The predicted molar refractivity (Wildman–Crippen MR) is 127 cm³/mol. The number of urea groups is 1. The maximum Gasteiger partial charge on any atom is 0.336 e. The van der Waals surface area contributed by atoms with E-state index in [0.717, 1.165) is 6.42 Å². The van der Waals surface area contributed by atoms with E-state index < -0.39 is 21.8 Å². The molecule has 2 fully saturated rings. The van der Waals surface area contributed by atoms with Gasteiger partial charge < -0.3 is 19.3 Å². The molecule has 35 heavy (non-hydrogen) atoms. The van der Waals surface area contributed by atoms with Gasteiger partial charge in [-0.2, -0.15) is 0 Å². The van der Waals surface area contributed by atoms with Crippen molar-refractivity contribution in [2.75, 3.05) is 33.4 Å². The first kappa shape index (κ1) is 22.3. The minimum Gasteiger partial charge on any atom is -0.466 e. The van der Waals surface area contributed by atoms with Crippen LogP contribution in [0.2, 0.25) is 0 Å². The van der Waals surface area contributed by atoms with Crippen LogP contribution < -0.4 is 0 Å². The minimum atomic E-state index is -3.75. The van der Waals surface area contributed by atoms with Gasteiger partial charge in [-0.3, -0.25) is 0 Å². The molecule has 4 heterocycles. The SMILES string of the molecule is COC(=O)C1=C(c2cccc3c2S(=O)(=O)c2ccccc2-3)C[C@@H]2CC[C@H]1N2C(=O)N1CCOCC1. The smallest absolute Gasteiger partial charge is 0.336 e. The van der Waals surface area contributed by atoms with Crippen molar-refractivity contribution in [2.24, 2.45) is 0 Å². The Morgan fingerprint density at radius 3 is 2.46 bits per heavy atom. The van der Waals surface area contributed by atoms with E-state index in [4.69, 9.17) is 9.47 Å². The van der Waals surface area contributed by atoms with Gasteiger partial charge in [-0.1, -0.05) is 36.4 Å². The monoisotopic (exact) mass is 494 g/mol. The molecule has 182 valence electrons. The Morgan fingerprint density at radius 2 is 1.69 bits per heavy atom. The van der Waals surface area contributed by atoms with E-state index in [1.165, 1.54) is 7.11 Å². The highest BCUT2D eigenvalue weighted by Crippen LogP contribution is 2.50. The minimum absolute atomic E-state index is 0.0976. The molecule has 0 aliphatic carbocycles. The van der Waals surface area contributed by atoms with Gasteiger partial charge >= 0.3 is 12.0 Å². The highest BCUT2D eigenvalue weighted by molar-refractivity contribution is 7.92. The molecule has 0 saturated carbocycles. The number of hydrogen-bond acceptors (Lipinski definition) is 6. The number of morpholine rings is 1. The highest BCUT2D eigenvalue weighted by Gasteiger charge is 2.49. The van der Waals surface area contributed by atoms with E-state index in [9.17, 15) is 18.0 Å². The fourth-order valence-electron chi connectivity index (χ4n) is 6.05. The van der Waals surface area contributed by atoms with Gasteiger partial charge in [0.2, 0.25) is 9.84 Å². The molecule has 0 radical (unpaired) electrons. The van der Waals surface area contributed by atoms with E-state index in [2.05, 4.69) is 0 Å². The largest absolute Gasteiger partial charge is 0.466 e. The third-order valence-corrected chi connectivity index (χ3v) is 9.50. The zero-order valence-corrected chi connectivity index (χ0v) is 20.2. The Morgan fingerprint density at radius 1 is 0.971 bits per heavy atom. The van der Waals surface area contributed by atoms with Crippen molar-refractivity contribution in [3.63, 3.8) is 0 Å². The molecule has 0 spiro atoms. The summed E-state index contributed by atoms with van der Waals surface area (Å²) in [6, 6.07) is 11.7. The first-order valence-electron chi connectivity index (χ1n) is 11.9. The molecule has 2 bridgehead atoms. The van der Waals surface area contributed by atoms with Crippen LogP contribution in [0.25, 0.3) is 16.7 Å². The number of esters is 1. The van der Waals surface area contributed by atoms with E-state index in [1.807, 2.05) is 29.2 Å². The van der Waals surface area contributed by atoms with Crippen LogP contribution in [0.3, 0.4) is 0 Å². The zero-order chi connectivity index (χ0) is 24.3. The lowest BCUT2D eigenvalue weighted by Crippen LogP contribution is -2.54. The lowest BCUT2D eigenvalue weighted by molar-refractivity contribution is -0.136. The molecule has 4 aliphatic heterocycles. The van der Waals surface area contributed by atoms with Crippen molar-refractivity contribution in [3.8, 4) is 11.1 Å². The first-order valence-corrected chi connectivity index (χ1v) is 13.4. The topological polar surface area (TPSA) is 93.2 Å². The number of hydrogen-bond donors (Lipinski definition) is 0. The van der Waals surface area contributed by atoms with Gasteiger partial charge in [-0.15, -0.1) is 0 Å². The number of amides is 2. The fourth-order valence-corrected chi connectivity index (χ4v) is 7.95. The zero-order valence-electron chi connectivity index (χ0n) is 19.4. The van der Waals surface area contributed by atoms with Gasteiger partial charge in [0.05, 0.1) is 41.7 Å². The molecular weight excluding hydrogens is 468 g/mol. The molecule has 2 aromatic carbocycles. The number of methoxy groups -OCH3 is 1. The van der Waals surface area contributed by atoms with Gasteiger partial charge in [-0.25, -0.2) is 18.0 Å². The van der Waals surface area contributed by atoms with Crippen LogP contribution in [0.1, 0.15) is 24.8 Å². The second-order valence-corrected chi connectivity index (χ2v) is 11.2. The second kappa shape index (κ2) is 8.20. The van der Waals surface area contributed by atoms with E-state index in [0.29, 0.717) is 67.0 Å². The number of carbonyl (C=O) groups is 2. The number of carbonyl (C=O) groups excluding carboxylic acids is 2. The quantitative estimate of drug-likeness (QED) is 0.509. The van der Waals surface area contributed by atoms with Crippen LogP contribution >= 0.6 is 0 Å². The summed E-state index contributed by atoms with van der Waals surface area (Å²) in [5.41, 5.74) is 2.92. The van der Waals surface area contributed by atoms with Crippen molar-refractivity contribution in [2.45, 2.75) is 41.1 Å². The second-order valence-electron chi connectivity index (χ2n) is 9.31. The fraction of sp³-hybridized carbons (Fsp3) is 0.385. The molecule has 9 heteroatoms. The average Bonchev–Trinajstić information content (AvgIpc) is 3.32. The van der Waals surface area contributed by atoms with Gasteiger partial charge in [0.1, 0.15) is 0 Å². The maximum atomic E-state index is 13.6. The molecule has 2 saturated heterocycles. The van der Waals surface area contributed by atoms with Gasteiger partial charge in [0.15, 0.2) is 0 Å². The summed E-state index contributed by atoms with van der Waals surface area (Å²) < 4.78 is 37.8. The summed E-state index contributed by atoms with van der Waals surface area (Å²) in [5.74, 6) is -0.518. The van der Waals surface area contributed by atoms with E-state index in [-0.39, 0.29) is 21.9 Å².